The first-order valence-corrected chi connectivity index (χ1v) is 94.5. The van der Waals surface area contributed by atoms with Crippen molar-refractivity contribution in [2.24, 2.45) is 0 Å². The molecule has 137 heavy (non-hydrogen) atoms. The zero-order chi connectivity index (χ0) is 102. The number of nitrogens with zero attached hydrogens (tertiary/aromatic N) is 8. The molecule has 0 bridgehead atoms. The molecule has 0 aliphatic rings. The molecule has 21 heteroatoms. The number of hydrogen-bond donors (Lipinski definition) is 0. The van der Waals surface area contributed by atoms with Crippen LogP contribution in [0.25, 0.3) is 0 Å². The van der Waals surface area contributed by atoms with Crippen LogP contribution in [0.3, 0.4) is 0 Å². The van der Waals surface area contributed by atoms with Gasteiger partial charge in [0.2, 0.25) is 0 Å². The van der Waals surface area contributed by atoms with Crippen LogP contribution in [-0.4, -0.2) is 257 Å². The molecule has 0 saturated carbocycles. The molecule has 0 atom stereocenters. The third-order valence-electron chi connectivity index (χ3n) is 33.7. The van der Waals surface area contributed by atoms with E-state index in [2.05, 4.69) is 477 Å². The van der Waals surface area contributed by atoms with Crippen molar-refractivity contribution in [2.75, 3.05) is 113 Å². The van der Waals surface area contributed by atoms with E-state index in [1.807, 2.05) is 0 Å². The molecule has 0 N–H and O–H groups in total. The van der Waals surface area contributed by atoms with E-state index in [9.17, 15) is 0 Å². The number of benzene rings is 8. The van der Waals surface area contributed by atoms with Crippen LogP contribution in [0.4, 0.5) is 0 Å². The van der Waals surface area contributed by atoms with Crippen LogP contribution in [-0.2, 0) is 52.4 Å². The average molecular weight is 2080 g/mol. The monoisotopic (exact) mass is 2070 g/mol. The van der Waals surface area contributed by atoms with Gasteiger partial charge in [-0.05, 0) is 157 Å². The van der Waals surface area contributed by atoms with Gasteiger partial charge in [-0.25, -0.2) is 0 Å². The zero-order valence-electron chi connectivity index (χ0n) is 95.2. The van der Waals surface area contributed by atoms with Crippen molar-refractivity contribution in [3.05, 3.63) is 239 Å². The van der Waals surface area contributed by atoms with Crippen molar-refractivity contribution in [3.8, 4) is 0 Å². The Balaban J connectivity index is 1.40. The lowest BCUT2D eigenvalue weighted by Crippen LogP contribution is -2.49. The first kappa shape index (κ1) is 118. The Morgan fingerprint density at radius 1 is 0.124 bits per heavy atom. The van der Waals surface area contributed by atoms with Crippen molar-refractivity contribution in [1.82, 2.24) is 39.2 Å². The van der Waals surface area contributed by atoms with Gasteiger partial charge in [-0.1, -0.05) is 512 Å². The minimum atomic E-state index is -2.31. The van der Waals surface area contributed by atoms with Crippen molar-refractivity contribution >= 4 is 146 Å². The molecule has 0 spiro atoms. The van der Waals surface area contributed by atoms with E-state index in [4.69, 9.17) is 0 Å². The summed E-state index contributed by atoms with van der Waals surface area (Å²) in [6.45, 7) is 64.9. The highest BCUT2D eigenvalue weighted by atomic mass is 28.4. The second kappa shape index (κ2) is 51.5. The molecule has 0 aliphatic carbocycles. The Labute approximate surface area is 858 Å². The Kier molecular flexibility index (Phi) is 44.6. The minimum Gasteiger partial charge on any atom is -0.305 e. The molecule has 760 valence electrons. The maximum atomic E-state index is 3.08. The molecule has 0 radical (unpaired) electrons. The van der Waals surface area contributed by atoms with Gasteiger partial charge in [0.1, 0.15) is 0 Å². The molecular weight excluding hydrogens is 1870 g/mol. The van der Waals surface area contributed by atoms with Crippen molar-refractivity contribution < 1.29 is 0 Å². The van der Waals surface area contributed by atoms with Crippen molar-refractivity contribution in [2.45, 2.75) is 328 Å². The second-order valence-electron chi connectivity index (χ2n) is 53.3. The lowest BCUT2D eigenvalue weighted by molar-refractivity contribution is 0.402. The fourth-order valence-electron chi connectivity index (χ4n) is 22.0. The first-order valence-electron chi connectivity index (χ1n) is 53.6. The second-order valence-corrected chi connectivity index (χ2v) is 118. The SMILES string of the molecule is CN(C)Cc1ccc([Si](C)(C)CC[Si](C)(CC[Si](CC[Si](C)(CC[Si](C)(C)c2ccc(CN(C)C)cc2)CC[Si](C)(C)c2ccc(CN(C)C)cc2)(CC[Si](C)(CC[Si](C)(C)c2ccc(CN(C)C)cc2)CC[Si](C)(C)c2ccc(CN(C)C)cc2)CC[Si](C)(CC[Si](C)(C)c2ccc(CN(C)C)cc2)CC[Si](C)(C)c2ccc(CN(C)C)cc2)CC[Si](C)(C)c2ccc(CN(C)C)cc2)cc1. The molecule has 8 aromatic rings. The van der Waals surface area contributed by atoms with Crippen LogP contribution >= 0.6 is 0 Å². The van der Waals surface area contributed by atoms with Gasteiger partial charge in [0, 0.05) is 84.7 Å². The fraction of sp³-hybridized carbons (Fsp3) is 0.586. The molecule has 0 saturated heterocycles. The van der Waals surface area contributed by atoms with E-state index in [1.54, 1.807) is 65.7 Å². The van der Waals surface area contributed by atoms with E-state index in [0.717, 1.165) is 52.4 Å². The predicted octanol–water partition coefficient (Wildman–Crippen LogP) is 25.2. The molecule has 0 fully saturated rings. The van der Waals surface area contributed by atoms with E-state index in [-0.39, 0.29) is 0 Å². The third kappa shape index (κ3) is 38.9. The van der Waals surface area contributed by atoms with Gasteiger partial charge in [0.25, 0.3) is 0 Å². The van der Waals surface area contributed by atoms with Crippen LogP contribution in [0.5, 0.6) is 0 Å². The summed E-state index contributed by atoms with van der Waals surface area (Å²) >= 11 is 0. The lowest BCUT2D eigenvalue weighted by Gasteiger charge is -2.44. The Morgan fingerprint density at radius 2 is 0.212 bits per heavy atom. The van der Waals surface area contributed by atoms with Gasteiger partial charge in [-0.3, -0.25) is 0 Å². The normalized spacial score (nSPS) is 13.7. The summed E-state index contributed by atoms with van der Waals surface area (Å²) in [6, 6.07) is 117. The summed E-state index contributed by atoms with van der Waals surface area (Å²) in [7, 11) is 10.1. The predicted molar refractivity (Wildman–Crippen MR) is 655 cm³/mol. The Hall–Kier alpha value is -3.74. The van der Waals surface area contributed by atoms with Crippen LogP contribution in [0.1, 0.15) is 44.5 Å². The fourth-order valence-corrected chi connectivity index (χ4v) is 94.8. The van der Waals surface area contributed by atoms with Gasteiger partial charge in [-0.2, -0.15) is 0 Å². The highest BCUT2D eigenvalue weighted by Gasteiger charge is 2.47. The first-order chi connectivity index (χ1) is 63.6. The van der Waals surface area contributed by atoms with E-state index >= 15 is 0 Å². The van der Waals surface area contributed by atoms with E-state index in [0.29, 0.717) is 0 Å². The molecule has 8 aromatic carbocycles. The molecule has 0 heterocycles. The summed E-state index contributed by atoms with van der Waals surface area (Å²) in [6.07, 6.45) is 0. The van der Waals surface area contributed by atoms with Crippen LogP contribution < -0.4 is 41.5 Å². The molecule has 0 aliphatic heterocycles. The lowest BCUT2D eigenvalue weighted by atomic mass is 10.2. The highest BCUT2D eigenvalue weighted by Crippen LogP contribution is 2.48. The van der Waals surface area contributed by atoms with Gasteiger partial charge in [0.15, 0.2) is 0 Å². The van der Waals surface area contributed by atoms with Crippen LogP contribution in [0, 0.1) is 0 Å². The maximum Gasteiger partial charge on any atom is 0.0803 e. The summed E-state index contributed by atoms with van der Waals surface area (Å²) in [5.41, 5.74) is 11.5. The van der Waals surface area contributed by atoms with Crippen LogP contribution in [0.2, 0.25) is 276 Å². The van der Waals surface area contributed by atoms with Crippen LogP contribution in [0.15, 0.2) is 194 Å². The summed E-state index contributed by atoms with van der Waals surface area (Å²) < 4.78 is 0. The molecular formula is C116H204N8Si13. The minimum absolute atomic E-state index is 0.994. The van der Waals surface area contributed by atoms with Gasteiger partial charge in [0.05, 0.1) is 72.7 Å². The summed E-state index contributed by atoms with van der Waals surface area (Å²) in [5.74, 6) is 0. The molecule has 8 nitrogen and oxygen atoms in total. The third-order valence-corrected chi connectivity index (χ3v) is 89.6. The zero-order valence-corrected chi connectivity index (χ0v) is 108. The number of hydrogen-bond acceptors (Lipinski definition) is 8. The summed E-state index contributed by atoms with van der Waals surface area (Å²) in [5, 5.41) is 13.4. The molecule has 0 unspecified atom stereocenters. The standard InChI is InChI=1S/C116H204N8Si13/c1-117(2)93-101-37-53-109(54-38-101)125(17,18)69-77-133(33,78-70-126(19,20)110-55-39-102(40-56-110)94-118(3)4)85-89-137(90-86-134(34,79-71-127(21,22)111-57-41-103(42-58-111)95-119(5)6)80-72-128(23,24)112-59-43-104(44-60-112)96-120(7)8,91-87-135(35,81-73-129(25,26)113-61-45-105(46-62-113)97-121(9)10)82-74-130(27,28)114-63-47-106(48-64-114)98-122(11)12)92-88-136(36,83-75-131(29,30)115-65-49-107(50-66-115)99-123(13)14)84-76-132(31,32)116-67-51-108(52-68-116)100-124(15)16/h37-68H,69-100H2,1-36H3. The van der Waals surface area contributed by atoms with Gasteiger partial charge in [-0.15, -0.1) is 0 Å². The molecule has 0 amide bonds. The van der Waals surface area contributed by atoms with Crippen molar-refractivity contribution in [1.29, 1.82) is 0 Å². The summed E-state index contributed by atoms with van der Waals surface area (Å²) in [4.78, 5) is 18.8. The van der Waals surface area contributed by atoms with Gasteiger partial charge < -0.3 is 39.2 Å². The highest BCUT2D eigenvalue weighted by molar-refractivity contribution is 6.98. The van der Waals surface area contributed by atoms with Crippen molar-refractivity contribution in [3.63, 3.8) is 0 Å². The smallest absolute Gasteiger partial charge is 0.0803 e. The van der Waals surface area contributed by atoms with E-state index in [1.165, 1.54) is 165 Å². The quantitative estimate of drug-likeness (QED) is 0.0348. The average Bonchev–Trinajstić information content (AvgIpc) is 0.743. The molecule has 8 rings (SSSR count). The molecule has 0 aromatic heterocycles. The Morgan fingerprint density at radius 3 is 0.299 bits per heavy atom. The number of rotatable bonds is 60. The van der Waals surface area contributed by atoms with E-state index < -0.39 is 105 Å². The topological polar surface area (TPSA) is 25.9 Å². The largest absolute Gasteiger partial charge is 0.305 e. The Bertz CT molecular complexity index is 3980. The van der Waals surface area contributed by atoms with Gasteiger partial charge >= 0.3 is 0 Å². The maximum absolute atomic E-state index is 3.08.